The zero-order valence-corrected chi connectivity index (χ0v) is 12.2. The zero-order chi connectivity index (χ0) is 17.5. The van der Waals surface area contributed by atoms with Crippen molar-refractivity contribution in [2.24, 2.45) is 17.0 Å². The number of ketones is 1. The molecule has 0 aliphatic carbocycles. The summed E-state index contributed by atoms with van der Waals surface area (Å²) in [4.78, 5) is 25.6. The Hall–Kier alpha value is -2.54. The second-order valence-electron chi connectivity index (χ2n) is 4.76. The van der Waals surface area contributed by atoms with E-state index in [1.807, 2.05) is 0 Å². The highest BCUT2D eigenvalue weighted by atomic mass is 19.4. The SMILES string of the molecule is CC(C(=O)OCc1ccccc1)C(C(=O)CN=[N+]=[N-])C(F)(F)F. The number of azide groups is 1. The molecule has 1 aromatic rings. The number of nitrogens with zero attached hydrogens (tertiary/aromatic N) is 3. The summed E-state index contributed by atoms with van der Waals surface area (Å²) in [7, 11) is 0. The lowest BCUT2D eigenvalue weighted by Crippen LogP contribution is -2.40. The molecule has 0 heterocycles. The van der Waals surface area contributed by atoms with Crippen LogP contribution in [0.1, 0.15) is 12.5 Å². The average Bonchev–Trinajstić information content (AvgIpc) is 2.50. The Labute approximate surface area is 129 Å². The molecule has 0 saturated heterocycles. The lowest BCUT2D eigenvalue weighted by atomic mass is 9.89. The molecule has 0 N–H and O–H groups in total. The fourth-order valence-corrected chi connectivity index (χ4v) is 1.94. The summed E-state index contributed by atoms with van der Waals surface area (Å²) < 4.78 is 43.9. The molecule has 0 bridgehead atoms. The van der Waals surface area contributed by atoms with E-state index in [0.717, 1.165) is 6.92 Å². The Morgan fingerprint density at radius 1 is 1.30 bits per heavy atom. The number of esters is 1. The predicted molar refractivity (Wildman–Crippen MR) is 74.0 cm³/mol. The van der Waals surface area contributed by atoms with E-state index in [2.05, 4.69) is 10.0 Å². The van der Waals surface area contributed by atoms with E-state index >= 15 is 0 Å². The first-order valence-corrected chi connectivity index (χ1v) is 6.58. The Morgan fingerprint density at radius 2 is 1.91 bits per heavy atom. The fraction of sp³-hybridized carbons (Fsp3) is 0.429. The zero-order valence-electron chi connectivity index (χ0n) is 12.2. The van der Waals surface area contributed by atoms with Crippen molar-refractivity contribution in [1.29, 1.82) is 0 Å². The van der Waals surface area contributed by atoms with Gasteiger partial charge in [-0.1, -0.05) is 42.4 Å². The van der Waals surface area contributed by atoms with Gasteiger partial charge in [0.15, 0.2) is 5.78 Å². The van der Waals surface area contributed by atoms with Gasteiger partial charge in [0.05, 0.1) is 12.5 Å². The first-order chi connectivity index (χ1) is 10.8. The number of alkyl halides is 3. The summed E-state index contributed by atoms with van der Waals surface area (Å²) >= 11 is 0. The van der Waals surface area contributed by atoms with Gasteiger partial charge >= 0.3 is 12.1 Å². The maximum Gasteiger partial charge on any atom is 0.399 e. The third kappa shape index (κ3) is 5.63. The van der Waals surface area contributed by atoms with Crippen LogP contribution in [0.5, 0.6) is 0 Å². The number of ether oxygens (including phenoxy) is 1. The van der Waals surface area contributed by atoms with Crippen molar-refractivity contribution in [3.8, 4) is 0 Å². The lowest BCUT2D eigenvalue weighted by Gasteiger charge is -2.23. The Kier molecular flexibility index (Phi) is 6.59. The van der Waals surface area contributed by atoms with Crippen LogP contribution in [-0.4, -0.2) is 24.5 Å². The van der Waals surface area contributed by atoms with Crippen molar-refractivity contribution in [3.05, 3.63) is 46.3 Å². The van der Waals surface area contributed by atoms with Crippen LogP contribution in [0.2, 0.25) is 0 Å². The van der Waals surface area contributed by atoms with Gasteiger partial charge in [0.1, 0.15) is 12.5 Å². The molecule has 2 atom stereocenters. The minimum Gasteiger partial charge on any atom is -0.461 e. The standard InChI is InChI=1S/C14H14F3N3O3/c1-9(12(14(15,16)17)11(21)7-19-20-18)13(22)23-8-10-5-3-2-4-6-10/h2-6,9,12H,7-8H2,1H3. The minimum absolute atomic E-state index is 0.195. The second kappa shape index (κ2) is 8.19. The monoisotopic (exact) mass is 329 g/mol. The molecule has 1 aromatic carbocycles. The normalized spacial score (nSPS) is 13.6. The molecule has 0 aromatic heterocycles. The van der Waals surface area contributed by atoms with Crippen molar-refractivity contribution in [2.45, 2.75) is 19.7 Å². The number of rotatable bonds is 7. The minimum atomic E-state index is -4.94. The van der Waals surface area contributed by atoms with Crippen molar-refractivity contribution >= 4 is 11.8 Å². The molecular formula is C14H14F3N3O3. The molecule has 0 amide bonds. The van der Waals surface area contributed by atoms with E-state index in [1.165, 1.54) is 0 Å². The highest BCUT2D eigenvalue weighted by Gasteiger charge is 2.50. The number of benzene rings is 1. The molecule has 0 aliphatic heterocycles. The molecule has 1 rings (SSSR count). The van der Waals surface area contributed by atoms with E-state index in [9.17, 15) is 22.8 Å². The van der Waals surface area contributed by atoms with Crippen LogP contribution in [-0.2, 0) is 20.9 Å². The summed E-state index contributed by atoms with van der Waals surface area (Å²) in [5.74, 6) is -6.83. The summed E-state index contributed by atoms with van der Waals surface area (Å²) in [5.41, 5.74) is 8.70. The van der Waals surface area contributed by atoms with Gasteiger partial charge in [-0.05, 0) is 11.1 Å². The summed E-state index contributed by atoms with van der Waals surface area (Å²) in [6.07, 6.45) is -4.94. The van der Waals surface area contributed by atoms with Crippen LogP contribution in [0.3, 0.4) is 0 Å². The Balaban J connectivity index is 2.79. The molecule has 23 heavy (non-hydrogen) atoms. The van der Waals surface area contributed by atoms with Gasteiger partial charge in [-0.3, -0.25) is 9.59 Å². The second-order valence-corrected chi connectivity index (χ2v) is 4.76. The highest BCUT2D eigenvalue weighted by Crippen LogP contribution is 2.33. The van der Waals surface area contributed by atoms with Gasteiger partial charge in [-0.15, -0.1) is 0 Å². The maximum absolute atomic E-state index is 13.0. The molecule has 0 saturated carbocycles. The molecular weight excluding hydrogens is 315 g/mol. The Bertz CT molecular complexity index is 598. The van der Waals surface area contributed by atoms with E-state index < -0.39 is 36.3 Å². The molecule has 6 nitrogen and oxygen atoms in total. The van der Waals surface area contributed by atoms with Gasteiger partial charge in [-0.2, -0.15) is 13.2 Å². The van der Waals surface area contributed by atoms with Gasteiger partial charge in [0.2, 0.25) is 0 Å². The number of carbonyl (C=O) groups excluding carboxylic acids is 2. The van der Waals surface area contributed by atoms with Crippen LogP contribution in [0.25, 0.3) is 10.4 Å². The number of carbonyl (C=O) groups is 2. The first kappa shape index (κ1) is 18.5. The third-order valence-corrected chi connectivity index (χ3v) is 3.09. The van der Waals surface area contributed by atoms with Crippen LogP contribution in [0.4, 0.5) is 13.2 Å². The average molecular weight is 329 g/mol. The van der Waals surface area contributed by atoms with Crippen molar-refractivity contribution in [3.63, 3.8) is 0 Å². The Morgan fingerprint density at radius 3 is 2.43 bits per heavy atom. The van der Waals surface area contributed by atoms with Gasteiger partial charge < -0.3 is 4.74 Å². The van der Waals surface area contributed by atoms with Crippen LogP contribution >= 0.6 is 0 Å². The molecule has 0 radical (unpaired) electrons. The number of hydrogen-bond acceptors (Lipinski definition) is 4. The molecule has 2 unspecified atom stereocenters. The predicted octanol–water partition coefficient (Wildman–Crippen LogP) is 3.42. The molecule has 0 aliphatic rings. The first-order valence-electron chi connectivity index (χ1n) is 6.58. The van der Waals surface area contributed by atoms with Crippen LogP contribution in [0.15, 0.2) is 35.4 Å². The fourth-order valence-electron chi connectivity index (χ4n) is 1.94. The number of Topliss-reactive ketones (excluding diaryl/α,β-unsaturated/α-hetero) is 1. The van der Waals surface area contributed by atoms with E-state index in [0.29, 0.717) is 5.56 Å². The van der Waals surface area contributed by atoms with Crippen LogP contribution in [0, 0.1) is 11.8 Å². The summed E-state index contributed by atoms with van der Waals surface area (Å²) in [6.45, 7) is -0.213. The molecule has 9 heteroatoms. The molecule has 0 fully saturated rings. The van der Waals surface area contributed by atoms with E-state index in [4.69, 9.17) is 10.3 Å². The van der Waals surface area contributed by atoms with Gasteiger partial charge in [-0.25, -0.2) is 0 Å². The summed E-state index contributed by atoms with van der Waals surface area (Å²) in [6, 6.07) is 8.41. The van der Waals surface area contributed by atoms with E-state index in [-0.39, 0.29) is 6.61 Å². The molecule has 124 valence electrons. The van der Waals surface area contributed by atoms with Crippen LogP contribution < -0.4 is 0 Å². The lowest BCUT2D eigenvalue weighted by molar-refractivity contribution is -0.198. The molecule has 0 spiro atoms. The smallest absolute Gasteiger partial charge is 0.399 e. The number of halogens is 3. The quantitative estimate of drug-likeness (QED) is 0.332. The van der Waals surface area contributed by atoms with E-state index in [1.54, 1.807) is 30.3 Å². The highest BCUT2D eigenvalue weighted by molar-refractivity contribution is 5.88. The van der Waals surface area contributed by atoms with Crippen molar-refractivity contribution in [1.82, 2.24) is 0 Å². The largest absolute Gasteiger partial charge is 0.461 e. The van der Waals surface area contributed by atoms with Gasteiger partial charge in [0, 0.05) is 4.91 Å². The third-order valence-electron chi connectivity index (χ3n) is 3.09. The topological polar surface area (TPSA) is 92.1 Å². The van der Waals surface area contributed by atoms with Crippen molar-refractivity contribution < 1.29 is 27.5 Å². The van der Waals surface area contributed by atoms with Crippen molar-refractivity contribution in [2.75, 3.05) is 6.54 Å². The maximum atomic E-state index is 13.0. The van der Waals surface area contributed by atoms with Gasteiger partial charge in [0.25, 0.3) is 0 Å². The summed E-state index contributed by atoms with van der Waals surface area (Å²) in [5, 5.41) is 2.82. The number of hydrogen-bond donors (Lipinski definition) is 0.